The summed E-state index contributed by atoms with van der Waals surface area (Å²) in [5, 5.41) is 0. The summed E-state index contributed by atoms with van der Waals surface area (Å²) in [6.07, 6.45) is 2.87. The van der Waals surface area contributed by atoms with Gasteiger partial charge in [0.2, 0.25) is 16.1 Å². The maximum absolute atomic E-state index is 12.9. The second-order valence-electron chi connectivity index (χ2n) is 6.96. The third-order valence-electron chi connectivity index (χ3n) is 4.85. The molecule has 2 heterocycles. The summed E-state index contributed by atoms with van der Waals surface area (Å²) < 4.78 is 38.8. The van der Waals surface area contributed by atoms with Gasteiger partial charge in [0.15, 0.2) is 11.5 Å². The van der Waals surface area contributed by atoms with E-state index in [2.05, 4.69) is 0 Å². The van der Waals surface area contributed by atoms with Gasteiger partial charge in [0.25, 0.3) is 5.91 Å². The molecule has 0 spiro atoms. The molecule has 2 aliphatic rings. The first kappa shape index (κ1) is 19.9. The third kappa shape index (κ3) is 4.21. The molecule has 7 nitrogen and oxygen atoms in total. The van der Waals surface area contributed by atoms with Gasteiger partial charge in [-0.25, -0.2) is 8.42 Å². The van der Waals surface area contributed by atoms with Gasteiger partial charge < -0.3 is 14.4 Å². The fourth-order valence-electron chi connectivity index (χ4n) is 3.47. The second-order valence-corrected chi connectivity index (χ2v) is 8.90. The predicted octanol–water partition coefficient (Wildman–Crippen LogP) is 2.26. The van der Waals surface area contributed by atoms with Gasteiger partial charge in [-0.05, 0) is 37.8 Å². The van der Waals surface area contributed by atoms with Crippen LogP contribution in [0.3, 0.4) is 0 Å². The van der Waals surface area contributed by atoms with Crippen LogP contribution in [-0.4, -0.2) is 62.4 Å². The molecule has 150 valence electrons. The van der Waals surface area contributed by atoms with Gasteiger partial charge in [-0.2, -0.15) is 4.31 Å². The molecule has 1 fully saturated rings. The molecule has 27 heavy (non-hydrogen) atoms. The monoisotopic (exact) mass is 396 g/mol. The van der Waals surface area contributed by atoms with Crippen LogP contribution in [0.4, 0.5) is 0 Å². The summed E-state index contributed by atoms with van der Waals surface area (Å²) in [6, 6.07) is 4.61. The van der Waals surface area contributed by atoms with E-state index < -0.39 is 16.1 Å². The molecule has 1 amide bonds. The Morgan fingerprint density at radius 3 is 2.44 bits per heavy atom. The van der Waals surface area contributed by atoms with E-state index in [9.17, 15) is 13.2 Å². The quantitative estimate of drug-likeness (QED) is 0.707. The molecule has 0 unspecified atom stereocenters. The number of amides is 1. The normalized spacial score (nSPS) is 19.5. The Bertz CT molecular complexity index is 768. The predicted molar refractivity (Wildman–Crippen MR) is 102 cm³/mol. The molecule has 0 aromatic heterocycles. The van der Waals surface area contributed by atoms with E-state index in [0.29, 0.717) is 24.6 Å². The van der Waals surface area contributed by atoms with Crippen LogP contribution in [0.15, 0.2) is 23.1 Å². The lowest BCUT2D eigenvalue weighted by molar-refractivity contribution is -0.140. The Hall–Kier alpha value is -1.80. The van der Waals surface area contributed by atoms with E-state index in [1.54, 1.807) is 11.0 Å². The van der Waals surface area contributed by atoms with E-state index in [1.807, 2.05) is 13.8 Å². The standard InChI is InChI=1S/C19H28N2O5S/c1-3-9-21(10-4-2)27(23,24)15-7-8-16-17(13-15)25-14-18(26-16)19(22)20-11-5-6-12-20/h7-8,13,18H,3-6,9-12,14H2,1-2H3/t18-/m1/s1. The Morgan fingerprint density at radius 1 is 1.15 bits per heavy atom. The van der Waals surface area contributed by atoms with Crippen LogP contribution in [0.2, 0.25) is 0 Å². The molecule has 0 saturated carbocycles. The van der Waals surface area contributed by atoms with Crippen molar-refractivity contribution in [2.45, 2.75) is 50.5 Å². The minimum absolute atomic E-state index is 0.0630. The molecule has 0 N–H and O–H groups in total. The molecule has 1 aromatic rings. The van der Waals surface area contributed by atoms with Crippen molar-refractivity contribution in [3.63, 3.8) is 0 Å². The molecule has 1 atom stereocenters. The average Bonchev–Trinajstić information content (AvgIpc) is 3.21. The van der Waals surface area contributed by atoms with Crippen molar-refractivity contribution in [1.82, 2.24) is 9.21 Å². The van der Waals surface area contributed by atoms with Crippen LogP contribution in [0.5, 0.6) is 11.5 Å². The molecular formula is C19H28N2O5S. The first-order chi connectivity index (χ1) is 13.0. The lowest BCUT2D eigenvalue weighted by atomic mass is 10.2. The number of hydrogen-bond donors (Lipinski definition) is 0. The number of fused-ring (bicyclic) bond motifs is 1. The maximum Gasteiger partial charge on any atom is 0.267 e. The highest BCUT2D eigenvalue weighted by Gasteiger charge is 2.33. The molecule has 0 radical (unpaired) electrons. The number of ether oxygens (including phenoxy) is 2. The molecule has 3 rings (SSSR count). The highest BCUT2D eigenvalue weighted by atomic mass is 32.2. The number of hydrogen-bond acceptors (Lipinski definition) is 5. The first-order valence-electron chi connectivity index (χ1n) is 9.69. The summed E-state index contributed by atoms with van der Waals surface area (Å²) >= 11 is 0. The van der Waals surface area contributed by atoms with Crippen LogP contribution in [0.1, 0.15) is 39.5 Å². The zero-order valence-corrected chi connectivity index (χ0v) is 16.8. The summed E-state index contributed by atoms with van der Waals surface area (Å²) in [6.45, 7) is 6.49. The number of carbonyl (C=O) groups excluding carboxylic acids is 1. The summed E-state index contributed by atoms with van der Waals surface area (Å²) in [5.74, 6) is 0.719. The number of sulfonamides is 1. The van der Waals surface area contributed by atoms with Crippen LogP contribution in [-0.2, 0) is 14.8 Å². The smallest absolute Gasteiger partial charge is 0.267 e. The zero-order chi connectivity index (χ0) is 19.4. The highest BCUT2D eigenvalue weighted by molar-refractivity contribution is 7.89. The van der Waals surface area contributed by atoms with Gasteiger partial charge >= 0.3 is 0 Å². The van der Waals surface area contributed by atoms with E-state index in [-0.39, 0.29) is 17.4 Å². The zero-order valence-electron chi connectivity index (χ0n) is 16.0. The van der Waals surface area contributed by atoms with Crippen molar-refractivity contribution in [2.24, 2.45) is 0 Å². The van der Waals surface area contributed by atoms with Crippen molar-refractivity contribution in [3.05, 3.63) is 18.2 Å². The fourth-order valence-corrected chi connectivity index (χ4v) is 5.11. The van der Waals surface area contributed by atoms with Crippen LogP contribution < -0.4 is 9.47 Å². The lowest BCUT2D eigenvalue weighted by Gasteiger charge is -2.29. The third-order valence-corrected chi connectivity index (χ3v) is 6.75. The van der Waals surface area contributed by atoms with Gasteiger partial charge in [0.05, 0.1) is 4.90 Å². The molecule has 1 aromatic carbocycles. The van der Waals surface area contributed by atoms with Crippen LogP contribution in [0, 0.1) is 0 Å². The molecule has 0 aliphatic carbocycles. The van der Waals surface area contributed by atoms with Crippen LogP contribution >= 0.6 is 0 Å². The Morgan fingerprint density at radius 2 is 1.81 bits per heavy atom. The number of rotatable bonds is 7. The summed E-state index contributed by atoms with van der Waals surface area (Å²) in [7, 11) is -3.58. The molecular weight excluding hydrogens is 368 g/mol. The molecule has 0 bridgehead atoms. The maximum atomic E-state index is 12.9. The van der Waals surface area contributed by atoms with Crippen molar-refractivity contribution in [3.8, 4) is 11.5 Å². The second kappa shape index (κ2) is 8.48. The molecule has 8 heteroatoms. The van der Waals surface area contributed by atoms with Gasteiger partial charge in [0.1, 0.15) is 6.61 Å². The van der Waals surface area contributed by atoms with E-state index in [4.69, 9.17) is 9.47 Å². The number of benzene rings is 1. The van der Waals surface area contributed by atoms with Gasteiger partial charge in [-0.3, -0.25) is 4.79 Å². The van der Waals surface area contributed by atoms with Crippen molar-refractivity contribution in [2.75, 3.05) is 32.8 Å². The molecule has 1 saturated heterocycles. The summed E-state index contributed by atoms with van der Waals surface area (Å²) in [5.41, 5.74) is 0. The van der Waals surface area contributed by atoms with Crippen molar-refractivity contribution in [1.29, 1.82) is 0 Å². The van der Waals surface area contributed by atoms with Gasteiger partial charge in [-0.1, -0.05) is 13.8 Å². The topological polar surface area (TPSA) is 76.2 Å². The van der Waals surface area contributed by atoms with Crippen molar-refractivity contribution < 1.29 is 22.7 Å². The van der Waals surface area contributed by atoms with Crippen molar-refractivity contribution >= 4 is 15.9 Å². The van der Waals surface area contributed by atoms with E-state index in [1.165, 1.54) is 16.4 Å². The lowest BCUT2D eigenvalue weighted by Crippen LogP contribution is -2.45. The summed E-state index contributed by atoms with van der Waals surface area (Å²) in [4.78, 5) is 14.5. The number of likely N-dealkylation sites (tertiary alicyclic amines) is 1. The highest BCUT2D eigenvalue weighted by Crippen LogP contribution is 2.35. The Kier molecular flexibility index (Phi) is 6.26. The van der Waals surface area contributed by atoms with E-state index >= 15 is 0 Å². The minimum Gasteiger partial charge on any atom is -0.485 e. The first-order valence-corrected chi connectivity index (χ1v) is 11.1. The number of carbonyl (C=O) groups is 1. The largest absolute Gasteiger partial charge is 0.485 e. The fraction of sp³-hybridized carbons (Fsp3) is 0.632. The molecule has 2 aliphatic heterocycles. The minimum atomic E-state index is -3.58. The average molecular weight is 397 g/mol. The number of nitrogens with zero attached hydrogens (tertiary/aromatic N) is 2. The Balaban J connectivity index is 1.77. The Labute approximate surface area is 161 Å². The van der Waals surface area contributed by atoms with Gasteiger partial charge in [-0.15, -0.1) is 0 Å². The SMILES string of the molecule is CCCN(CCC)S(=O)(=O)c1ccc2c(c1)OC[C@H](C(=O)N1CCCC1)O2. The van der Waals surface area contributed by atoms with E-state index in [0.717, 1.165) is 38.8 Å². The van der Waals surface area contributed by atoms with Crippen LogP contribution in [0.25, 0.3) is 0 Å². The van der Waals surface area contributed by atoms with Gasteiger partial charge in [0, 0.05) is 32.2 Å².